The van der Waals surface area contributed by atoms with Gasteiger partial charge in [0.15, 0.2) is 0 Å². The molecule has 5 rings (SSSR count). The molecule has 0 saturated carbocycles. The van der Waals surface area contributed by atoms with E-state index in [2.05, 4.69) is 10.4 Å². The number of halogens is 4. The molecule has 36 heavy (non-hydrogen) atoms. The van der Waals surface area contributed by atoms with Crippen molar-refractivity contribution in [1.29, 1.82) is 0 Å². The smallest absolute Gasteiger partial charge is 0.311 e. The van der Waals surface area contributed by atoms with Crippen molar-refractivity contribution in [2.24, 2.45) is 0 Å². The third-order valence-electron chi connectivity index (χ3n) is 5.94. The number of carbonyl (C=O) groups excluding carboxylic acids is 2. The van der Waals surface area contributed by atoms with Crippen LogP contribution in [0.3, 0.4) is 0 Å². The molecule has 2 amide bonds. The number of amides is 2. The zero-order valence-electron chi connectivity index (χ0n) is 18.7. The number of carbonyl (C=O) groups is 2. The van der Waals surface area contributed by atoms with Crippen LogP contribution in [0.25, 0.3) is 17.0 Å². The van der Waals surface area contributed by atoms with Crippen LogP contribution in [-0.2, 0) is 17.5 Å². The molecule has 12 heteroatoms. The van der Waals surface area contributed by atoms with Crippen LogP contribution in [0.1, 0.15) is 16.7 Å². The summed E-state index contributed by atoms with van der Waals surface area (Å²) in [6.45, 7) is 1.11. The Kier molecular flexibility index (Phi) is 7.08. The third-order valence-corrected chi connectivity index (χ3v) is 8.21. The highest BCUT2D eigenvalue weighted by atomic mass is 35.5. The maximum atomic E-state index is 13.5. The van der Waals surface area contributed by atoms with E-state index in [0.717, 1.165) is 35.9 Å². The summed E-state index contributed by atoms with van der Waals surface area (Å²) in [4.78, 5) is 26.9. The number of benzene rings is 2. The molecule has 3 aromatic rings. The predicted octanol–water partition coefficient (Wildman–Crippen LogP) is 5.50. The summed E-state index contributed by atoms with van der Waals surface area (Å²) in [5.41, 5.74) is 0.596. The van der Waals surface area contributed by atoms with Gasteiger partial charge in [0.05, 0.1) is 28.7 Å². The number of rotatable bonds is 5. The number of fused-ring (bicyclic) bond motifs is 1. The van der Waals surface area contributed by atoms with Gasteiger partial charge in [-0.05, 0) is 53.2 Å². The summed E-state index contributed by atoms with van der Waals surface area (Å²) < 4.78 is 41.9. The van der Waals surface area contributed by atoms with Crippen LogP contribution in [0.4, 0.5) is 18.0 Å². The van der Waals surface area contributed by atoms with Gasteiger partial charge in [-0.2, -0.15) is 30.0 Å². The van der Waals surface area contributed by atoms with E-state index in [9.17, 15) is 22.8 Å². The average Bonchev–Trinajstić information content (AvgIpc) is 3.35. The number of aromatic nitrogens is 2. The molecule has 6 nitrogen and oxygen atoms in total. The van der Waals surface area contributed by atoms with Crippen molar-refractivity contribution >= 4 is 63.3 Å². The van der Waals surface area contributed by atoms with Gasteiger partial charge in [-0.25, -0.2) is 0 Å². The molecular weight excluding hydrogens is 533 g/mol. The number of hydrogen-bond acceptors (Lipinski definition) is 6. The third kappa shape index (κ3) is 5.29. The van der Waals surface area contributed by atoms with E-state index in [1.165, 1.54) is 21.7 Å². The molecule has 0 bridgehead atoms. The van der Waals surface area contributed by atoms with Gasteiger partial charge in [-0.3, -0.25) is 19.2 Å². The number of hydrogen-bond donors (Lipinski definition) is 1. The summed E-state index contributed by atoms with van der Waals surface area (Å²) >= 11 is 8.49. The molecule has 2 aliphatic rings. The van der Waals surface area contributed by atoms with E-state index in [-0.39, 0.29) is 34.3 Å². The van der Waals surface area contributed by atoms with Crippen LogP contribution in [0.5, 0.6) is 0 Å². The quantitative estimate of drug-likeness (QED) is 0.422. The molecule has 2 fully saturated rings. The van der Waals surface area contributed by atoms with Crippen molar-refractivity contribution in [2.75, 3.05) is 24.6 Å². The molecule has 0 unspecified atom stereocenters. The van der Waals surface area contributed by atoms with Crippen molar-refractivity contribution in [3.05, 3.63) is 69.2 Å². The lowest BCUT2D eigenvalue weighted by molar-refractivity contribution is -0.138. The molecule has 1 N–H and O–H groups in total. The number of thioether (sulfide) groups is 2. The molecule has 2 aromatic carbocycles. The molecule has 1 aromatic heterocycles. The number of imide groups is 1. The van der Waals surface area contributed by atoms with Crippen molar-refractivity contribution < 1.29 is 22.8 Å². The van der Waals surface area contributed by atoms with Gasteiger partial charge in [-0.15, -0.1) is 0 Å². The Balaban J connectivity index is 1.36. The van der Waals surface area contributed by atoms with Crippen molar-refractivity contribution in [3.63, 3.8) is 0 Å². The summed E-state index contributed by atoms with van der Waals surface area (Å²) in [6, 6.07) is 9.05. The zero-order valence-corrected chi connectivity index (χ0v) is 21.1. The van der Waals surface area contributed by atoms with Gasteiger partial charge in [0.1, 0.15) is 0 Å². The lowest BCUT2D eigenvalue weighted by Gasteiger charge is -2.26. The van der Waals surface area contributed by atoms with Crippen LogP contribution < -0.4 is 5.32 Å². The Bertz CT molecular complexity index is 1370. The van der Waals surface area contributed by atoms with Gasteiger partial charge in [-0.1, -0.05) is 23.7 Å². The second kappa shape index (κ2) is 10.1. The summed E-state index contributed by atoms with van der Waals surface area (Å²) in [7, 11) is 0. The lowest BCUT2D eigenvalue weighted by atomic mass is 10.1. The maximum absolute atomic E-state index is 13.5. The first-order chi connectivity index (χ1) is 17.2. The molecule has 2 saturated heterocycles. The number of alkyl halides is 3. The first-order valence-electron chi connectivity index (χ1n) is 11.1. The summed E-state index contributed by atoms with van der Waals surface area (Å²) in [5.74, 6) is 1.54. The molecular formula is C24H20ClF3N4O2S2. The molecule has 2 aliphatic heterocycles. The zero-order chi connectivity index (χ0) is 25.4. The van der Waals surface area contributed by atoms with E-state index in [1.54, 1.807) is 42.2 Å². The van der Waals surface area contributed by atoms with E-state index >= 15 is 0 Å². The largest absolute Gasteiger partial charge is 0.416 e. The summed E-state index contributed by atoms with van der Waals surface area (Å²) in [5, 5.41) is 8.02. The Morgan fingerprint density at radius 2 is 2.03 bits per heavy atom. The highest BCUT2D eigenvalue weighted by Gasteiger charge is 2.37. The first-order valence-corrected chi connectivity index (χ1v) is 13.4. The van der Waals surface area contributed by atoms with Crippen LogP contribution >= 0.6 is 35.1 Å². The summed E-state index contributed by atoms with van der Waals surface area (Å²) in [6.07, 6.45) is -1.31. The molecule has 1 atom stereocenters. The Hall–Kier alpha value is -2.47. The number of nitrogens with one attached hydrogen (secondary N) is 1. The van der Waals surface area contributed by atoms with Crippen LogP contribution in [0.15, 0.2) is 47.5 Å². The van der Waals surface area contributed by atoms with Gasteiger partial charge >= 0.3 is 6.18 Å². The van der Waals surface area contributed by atoms with E-state index in [1.807, 2.05) is 0 Å². The van der Waals surface area contributed by atoms with Gasteiger partial charge < -0.3 is 5.32 Å². The molecule has 0 radical (unpaired) electrons. The topological polar surface area (TPSA) is 67.2 Å². The Morgan fingerprint density at radius 3 is 2.78 bits per heavy atom. The van der Waals surface area contributed by atoms with Gasteiger partial charge in [0.25, 0.3) is 11.1 Å². The highest BCUT2D eigenvalue weighted by Crippen LogP contribution is 2.35. The second-order valence-corrected chi connectivity index (χ2v) is 11.0. The van der Waals surface area contributed by atoms with Crippen LogP contribution in [-0.4, -0.2) is 56.5 Å². The minimum absolute atomic E-state index is 0.0133. The second-order valence-electron chi connectivity index (χ2n) is 8.44. The highest BCUT2D eigenvalue weighted by molar-refractivity contribution is 8.18. The van der Waals surface area contributed by atoms with E-state index in [4.69, 9.17) is 11.6 Å². The molecule has 188 valence electrons. The number of nitrogens with zero attached hydrogens (tertiary/aromatic N) is 3. The minimum atomic E-state index is -4.54. The van der Waals surface area contributed by atoms with Crippen molar-refractivity contribution in [1.82, 2.24) is 20.0 Å². The molecule has 0 aliphatic carbocycles. The molecule has 3 heterocycles. The lowest BCUT2D eigenvalue weighted by Crippen LogP contribution is -2.47. The normalized spacial score (nSPS) is 20.2. The average molecular weight is 553 g/mol. The van der Waals surface area contributed by atoms with Crippen LogP contribution in [0, 0.1) is 0 Å². The fraction of sp³-hybridized carbons (Fsp3) is 0.292. The Labute approximate surface area is 218 Å². The minimum Gasteiger partial charge on any atom is -0.311 e. The standard InChI is InChI=1S/C24H20ClF3N4O2S2/c25-17-3-2-15(19(9-17)24(26,27)28)11-32-20-4-1-14(7-16(20)10-30-32)8-21-22(33)31(23(34)36-21)12-18-13-35-6-5-29-18/h1-4,7-10,18,29H,5-6,11-13H2/b21-8-/t18-/m1/s1. The monoisotopic (exact) mass is 552 g/mol. The first kappa shape index (κ1) is 25.2. The fourth-order valence-electron chi connectivity index (χ4n) is 4.20. The van der Waals surface area contributed by atoms with E-state index in [0.29, 0.717) is 27.9 Å². The Morgan fingerprint density at radius 1 is 1.19 bits per heavy atom. The van der Waals surface area contributed by atoms with Crippen molar-refractivity contribution in [3.8, 4) is 0 Å². The van der Waals surface area contributed by atoms with Crippen LogP contribution in [0.2, 0.25) is 5.02 Å². The fourth-order valence-corrected chi connectivity index (χ4v) is 6.16. The molecule has 0 spiro atoms. The van der Waals surface area contributed by atoms with E-state index < -0.39 is 11.7 Å². The van der Waals surface area contributed by atoms with Crippen molar-refractivity contribution in [2.45, 2.75) is 18.8 Å². The SMILES string of the molecule is O=C1S/C(=C\c2ccc3c(cnn3Cc3ccc(Cl)cc3C(F)(F)F)c2)C(=O)N1C[C@@H]1CSCCN1. The predicted molar refractivity (Wildman–Crippen MR) is 137 cm³/mol. The van der Waals surface area contributed by atoms with Gasteiger partial charge in [0, 0.05) is 41.0 Å². The maximum Gasteiger partial charge on any atom is 0.416 e. The van der Waals surface area contributed by atoms with Gasteiger partial charge in [0.2, 0.25) is 0 Å².